The molecular formula is C14H17NO4. The molecule has 1 fully saturated rings. The minimum Gasteiger partial charge on any atom is -0.508 e. The van der Waals surface area contributed by atoms with Gasteiger partial charge in [0.05, 0.1) is 11.8 Å². The number of nitrogens with one attached hydrogen (secondary N) is 1. The smallest absolute Gasteiger partial charge is 0.307 e. The molecule has 3 N–H and O–H groups in total. The minimum absolute atomic E-state index is 0.160. The zero-order valence-corrected chi connectivity index (χ0v) is 11.1. The highest BCUT2D eigenvalue weighted by Gasteiger charge is 2.65. The molecule has 102 valence electrons. The first-order chi connectivity index (χ1) is 8.75. The average Bonchev–Trinajstić information content (AvgIpc) is 2.87. The Kier molecular flexibility index (Phi) is 3.00. The number of rotatable bonds is 3. The van der Waals surface area contributed by atoms with Gasteiger partial charge in [-0.05, 0) is 36.1 Å². The molecule has 1 aliphatic carbocycles. The molecule has 1 aromatic rings. The van der Waals surface area contributed by atoms with E-state index >= 15 is 0 Å². The number of carboxylic acid groups (broad SMARTS) is 1. The van der Waals surface area contributed by atoms with Gasteiger partial charge in [0, 0.05) is 5.69 Å². The minimum atomic E-state index is -0.938. The number of amides is 1. The van der Waals surface area contributed by atoms with E-state index in [1.54, 1.807) is 32.9 Å². The lowest BCUT2D eigenvalue weighted by Crippen LogP contribution is -2.17. The van der Waals surface area contributed by atoms with Crippen molar-refractivity contribution in [2.75, 3.05) is 5.32 Å². The van der Waals surface area contributed by atoms with E-state index < -0.39 is 23.2 Å². The molecule has 19 heavy (non-hydrogen) atoms. The van der Waals surface area contributed by atoms with E-state index in [-0.39, 0.29) is 11.7 Å². The Labute approximate surface area is 111 Å². The van der Waals surface area contributed by atoms with Crippen molar-refractivity contribution in [3.05, 3.63) is 23.8 Å². The summed E-state index contributed by atoms with van der Waals surface area (Å²) in [5.41, 5.74) is 0.705. The van der Waals surface area contributed by atoms with Crippen LogP contribution in [0.25, 0.3) is 0 Å². The molecule has 0 spiro atoms. The molecule has 2 rings (SSSR count). The molecule has 5 heteroatoms. The van der Waals surface area contributed by atoms with Gasteiger partial charge >= 0.3 is 5.97 Å². The van der Waals surface area contributed by atoms with Crippen LogP contribution in [0.3, 0.4) is 0 Å². The number of benzene rings is 1. The predicted octanol–water partition coefficient (Wildman–Crippen LogP) is 2.00. The first-order valence-electron chi connectivity index (χ1n) is 6.08. The summed E-state index contributed by atoms with van der Waals surface area (Å²) in [4.78, 5) is 23.1. The summed E-state index contributed by atoms with van der Waals surface area (Å²) in [5, 5.41) is 21.1. The Bertz CT molecular complexity index is 550. The van der Waals surface area contributed by atoms with Crippen molar-refractivity contribution in [1.29, 1.82) is 0 Å². The number of aryl methyl sites for hydroxylation is 1. The molecule has 1 aromatic carbocycles. The van der Waals surface area contributed by atoms with Crippen LogP contribution in [0.15, 0.2) is 18.2 Å². The highest BCUT2D eigenvalue weighted by Crippen LogP contribution is 2.58. The number of anilines is 1. The van der Waals surface area contributed by atoms with E-state index in [1.165, 1.54) is 6.07 Å². The fourth-order valence-corrected chi connectivity index (χ4v) is 2.54. The van der Waals surface area contributed by atoms with E-state index in [0.717, 1.165) is 0 Å². The molecule has 0 radical (unpaired) electrons. The van der Waals surface area contributed by atoms with Crippen molar-refractivity contribution >= 4 is 17.6 Å². The van der Waals surface area contributed by atoms with Crippen molar-refractivity contribution in [3.63, 3.8) is 0 Å². The van der Waals surface area contributed by atoms with Crippen molar-refractivity contribution < 1.29 is 19.8 Å². The van der Waals surface area contributed by atoms with E-state index in [9.17, 15) is 14.7 Å². The van der Waals surface area contributed by atoms with Gasteiger partial charge in [0.25, 0.3) is 0 Å². The molecule has 2 atom stereocenters. The number of carbonyl (C=O) groups excluding carboxylic acids is 1. The second kappa shape index (κ2) is 4.26. The molecule has 1 amide bonds. The van der Waals surface area contributed by atoms with Crippen LogP contribution in [0.1, 0.15) is 19.4 Å². The van der Waals surface area contributed by atoms with Crippen LogP contribution in [0.4, 0.5) is 5.69 Å². The van der Waals surface area contributed by atoms with Gasteiger partial charge in [0.1, 0.15) is 5.75 Å². The number of aliphatic carboxylic acids is 1. The zero-order chi connectivity index (χ0) is 14.4. The van der Waals surface area contributed by atoms with Crippen molar-refractivity contribution in [2.24, 2.45) is 17.3 Å². The Morgan fingerprint density at radius 2 is 1.89 bits per heavy atom. The number of aromatic hydroxyl groups is 1. The van der Waals surface area contributed by atoms with Gasteiger partial charge in [0.15, 0.2) is 0 Å². The fourth-order valence-electron chi connectivity index (χ4n) is 2.54. The maximum Gasteiger partial charge on any atom is 0.307 e. The largest absolute Gasteiger partial charge is 0.508 e. The van der Waals surface area contributed by atoms with Gasteiger partial charge in [-0.2, -0.15) is 0 Å². The van der Waals surface area contributed by atoms with Gasteiger partial charge in [0.2, 0.25) is 5.91 Å². The average molecular weight is 263 g/mol. The molecule has 0 aromatic heterocycles. The number of hydrogen-bond donors (Lipinski definition) is 3. The molecule has 1 saturated carbocycles. The third kappa shape index (κ3) is 2.28. The summed E-state index contributed by atoms with van der Waals surface area (Å²) < 4.78 is 0. The zero-order valence-electron chi connectivity index (χ0n) is 11.1. The van der Waals surface area contributed by atoms with Crippen molar-refractivity contribution in [2.45, 2.75) is 20.8 Å². The Morgan fingerprint density at radius 1 is 1.26 bits per heavy atom. The Hall–Kier alpha value is -2.04. The standard InChI is InChI=1S/C14H17NO4/c1-7-6-8(4-5-9(7)16)15-12(17)10-11(13(18)19)14(10,2)3/h4-6,10-11,16H,1-3H3,(H,15,17)(H,18,19). The van der Waals surface area contributed by atoms with Crippen LogP contribution >= 0.6 is 0 Å². The molecule has 1 aliphatic rings. The summed E-state index contributed by atoms with van der Waals surface area (Å²) in [6.07, 6.45) is 0. The van der Waals surface area contributed by atoms with E-state index in [4.69, 9.17) is 5.11 Å². The monoisotopic (exact) mass is 263 g/mol. The summed E-state index contributed by atoms with van der Waals surface area (Å²) in [5.74, 6) is -2.22. The number of carbonyl (C=O) groups is 2. The highest BCUT2D eigenvalue weighted by molar-refractivity contribution is 5.99. The lowest BCUT2D eigenvalue weighted by atomic mass is 10.1. The molecule has 0 heterocycles. The Morgan fingerprint density at radius 3 is 2.37 bits per heavy atom. The third-order valence-electron chi connectivity index (χ3n) is 3.84. The van der Waals surface area contributed by atoms with Crippen molar-refractivity contribution in [3.8, 4) is 5.75 Å². The second-order valence-electron chi connectivity index (χ2n) is 5.61. The van der Waals surface area contributed by atoms with Crippen LogP contribution in [0, 0.1) is 24.2 Å². The topological polar surface area (TPSA) is 86.6 Å². The van der Waals surface area contributed by atoms with Crippen LogP contribution in [-0.2, 0) is 9.59 Å². The first kappa shape index (κ1) is 13.4. The fraction of sp³-hybridized carbons (Fsp3) is 0.429. The van der Waals surface area contributed by atoms with Crippen LogP contribution in [0.5, 0.6) is 5.75 Å². The van der Waals surface area contributed by atoms with Gasteiger partial charge in [-0.25, -0.2) is 0 Å². The van der Waals surface area contributed by atoms with Gasteiger partial charge in [-0.15, -0.1) is 0 Å². The number of carboxylic acids is 1. The second-order valence-corrected chi connectivity index (χ2v) is 5.61. The van der Waals surface area contributed by atoms with Crippen LogP contribution in [-0.4, -0.2) is 22.1 Å². The lowest BCUT2D eigenvalue weighted by molar-refractivity contribution is -0.140. The van der Waals surface area contributed by atoms with Gasteiger partial charge in [-0.1, -0.05) is 13.8 Å². The lowest BCUT2D eigenvalue weighted by Gasteiger charge is -2.07. The van der Waals surface area contributed by atoms with E-state index in [2.05, 4.69) is 5.32 Å². The number of hydrogen-bond acceptors (Lipinski definition) is 3. The summed E-state index contributed by atoms with van der Waals surface area (Å²) in [6.45, 7) is 5.28. The van der Waals surface area contributed by atoms with Crippen molar-refractivity contribution in [1.82, 2.24) is 0 Å². The molecule has 0 saturated heterocycles. The summed E-state index contributed by atoms with van der Waals surface area (Å²) in [6, 6.07) is 4.74. The maximum atomic E-state index is 12.1. The molecule has 0 bridgehead atoms. The number of phenolic OH excluding ortho intramolecular Hbond substituents is 1. The third-order valence-corrected chi connectivity index (χ3v) is 3.84. The molecule has 5 nitrogen and oxygen atoms in total. The Balaban J connectivity index is 2.10. The van der Waals surface area contributed by atoms with E-state index in [1.807, 2.05) is 0 Å². The SMILES string of the molecule is Cc1cc(NC(=O)C2C(C(=O)O)C2(C)C)ccc1O. The van der Waals surface area contributed by atoms with Gasteiger partial charge < -0.3 is 15.5 Å². The highest BCUT2D eigenvalue weighted by atomic mass is 16.4. The van der Waals surface area contributed by atoms with Crippen LogP contribution in [0.2, 0.25) is 0 Å². The summed E-state index contributed by atoms with van der Waals surface area (Å²) >= 11 is 0. The number of phenols is 1. The predicted molar refractivity (Wildman–Crippen MR) is 69.9 cm³/mol. The maximum absolute atomic E-state index is 12.1. The molecular weight excluding hydrogens is 246 g/mol. The normalized spacial score (nSPS) is 23.7. The first-order valence-corrected chi connectivity index (χ1v) is 6.08. The molecule has 0 aliphatic heterocycles. The van der Waals surface area contributed by atoms with Crippen LogP contribution < -0.4 is 5.32 Å². The summed E-state index contributed by atoms with van der Waals surface area (Å²) in [7, 11) is 0. The van der Waals surface area contributed by atoms with E-state index in [0.29, 0.717) is 11.3 Å². The quantitative estimate of drug-likeness (QED) is 0.728. The molecule has 2 unspecified atom stereocenters. The van der Waals surface area contributed by atoms with Gasteiger partial charge in [-0.3, -0.25) is 9.59 Å².